The molecule has 3 heterocycles. The molecule has 0 bridgehead atoms. The Kier molecular flexibility index (Phi) is 6.71. The molecular formula is C22H26N6O2S. The maximum Gasteiger partial charge on any atom is 0.245 e. The minimum atomic E-state index is -0.486. The number of carbonyl (C=O) groups excluding carboxylic acids is 2. The summed E-state index contributed by atoms with van der Waals surface area (Å²) in [5, 5.41) is 13.1. The lowest BCUT2D eigenvalue weighted by molar-refractivity contribution is -0.151. The second kappa shape index (κ2) is 9.82. The fraction of sp³-hybridized carbons (Fsp3) is 0.409. The summed E-state index contributed by atoms with van der Waals surface area (Å²) in [5.41, 5.74) is 2.19. The van der Waals surface area contributed by atoms with Crippen LogP contribution in [0.15, 0.2) is 48.1 Å². The van der Waals surface area contributed by atoms with E-state index in [-0.39, 0.29) is 18.2 Å². The summed E-state index contributed by atoms with van der Waals surface area (Å²) in [6.45, 7) is 4.31. The number of piperazine rings is 1. The summed E-state index contributed by atoms with van der Waals surface area (Å²) in [6, 6.07) is 11.9. The van der Waals surface area contributed by atoms with Crippen LogP contribution in [0, 0.1) is 0 Å². The number of hydrogen-bond donors (Lipinski definition) is 0. The number of thiophene rings is 1. The molecule has 4 rings (SSSR count). The molecule has 0 aliphatic carbocycles. The van der Waals surface area contributed by atoms with Crippen molar-refractivity contribution in [2.45, 2.75) is 38.8 Å². The molecule has 8 nitrogen and oxygen atoms in total. The first-order valence-electron chi connectivity index (χ1n) is 10.6. The highest BCUT2D eigenvalue weighted by Crippen LogP contribution is 2.26. The van der Waals surface area contributed by atoms with Gasteiger partial charge in [-0.15, -0.1) is 16.4 Å². The first-order valence-corrected chi connectivity index (χ1v) is 11.5. The van der Waals surface area contributed by atoms with Crippen LogP contribution in [0.25, 0.3) is 10.4 Å². The zero-order valence-corrected chi connectivity index (χ0v) is 18.4. The average Bonchev–Trinajstić information content (AvgIpc) is 3.50. The molecule has 0 N–H and O–H groups in total. The predicted molar refractivity (Wildman–Crippen MR) is 118 cm³/mol. The quantitative estimate of drug-likeness (QED) is 0.540. The standard InChI is InChI=1S/C22H26N6O2S/c1-2-9-26-11-12-28(21(29)8-10-27-16-23-24-25-27)19(22(26)30)15-17-5-3-6-18(14-17)20-7-4-13-31-20/h3-7,13-14,16,19H,2,8-12,15H2,1H3. The van der Waals surface area contributed by atoms with Gasteiger partial charge >= 0.3 is 0 Å². The molecule has 31 heavy (non-hydrogen) atoms. The highest BCUT2D eigenvalue weighted by atomic mass is 32.1. The fourth-order valence-corrected chi connectivity index (χ4v) is 4.70. The number of amides is 2. The van der Waals surface area contributed by atoms with Crippen molar-refractivity contribution in [2.75, 3.05) is 19.6 Å². The lowest BCUT2D eigenvalue weighted by Gasteiger charge is -2.41. The van der Waals surface area contributed by atoms with Gasteiger partial charge in [0.15, 0.2) is 0 Å². The van der Waals surface area contributed by atoms with E-state index in [9.17, 15) is 9.59 Å². The van der Waals surface area contributed by atoms with Gasteiger partial charge in [0.1, 0.15) is 12.4 Å². The van der Waals surface area contributed by atoms with Gasteiger partial charge in [0, 0.05) is 37.4 Å². The molecule has 2 amide bonds. The predicted octanol–water partition coefficient (Wildman–Crippen LogP) is 2.48. The Hall–Kier alpha value is -3.07. The summed E-state index contributed by atoms with van der Waals surface area (Å²) < 4.78 is 1.53. The average molecular weight is 439 g/mol. The van der Waals surface area contributed by atoms with Crippen molar-refractivity contribution < 1.29 is 9.59 Å². The summed E-state index contributed by atoms with van der Waals surface area (Å²) in [5.74, 6) is -0.00944. The van der Waals surface area contributed by atoms with Crippen LogP contribution in [0.4, 0.5) is 0 Å². The van der Waals surface area contributed by atoms with Crippen LogP contribution in [0.1, 0.15) is 25.3 Å². The van der Waals surface area contributed by atoms with Crippen molar-refractivity contribution in [1.82, 2.24) is 30.0 Å². The SMILES string of the molecule is CCCN1CCN(C(=O)CCn2cnnn2)C(Cc2cccc(-c3cccs3)c2)C1=O. The molecule has 2 aromatic heterocycles. The molecule has 1 aliphatic rings. The minimum absolute atomic E-state index is 0.0328. The molecular weight excluding hydrogens is 412 g/mol. The van der Waals surface area contributed by atoms with Crippen LogP contribution >= 0.6 is 11.3 Å². The number of carbonyl (C=O) groups is 2. The second-order valence-corrected chi connectivity index (χ2v) is 8.58. The molecule has 0 saturated carbocycles. The third kappa shape index (κ3) is 4.99. The summed E-state index contributed by atoms with van der Waals surface area (Å²) in [7, 11) is 0. The molecule has 1 atom stereocenters. The van der Waals surface area contributed by atoms with Crippen LogP contribution in [0.2, 0.25) is 0 Å². The van der Waals surface area contributed by atoms with E-state index in [1.54, 1.807) is 16.2 Å². The maximum atomic E-state index is 13.3. The van der Waals surface area contributed by atoms with Crippen LogP contribution in [-0.4, -0.2) is 67.5 Å². The van der Waals surface area contributed by atoms with E-state index < -0.39 is 6.04 Å². The number of aromatic nitrogens is 4. The Balaban J connectivity index is 1.53. The fourth-order valence-electron chi connectivity index (χ4n) is 3.98. The summed E-state index contributed by atoms with van der Waals surface area (Å²) in [6.07, 6.45) is 3.16. The van der Waals surface area contributed by atoms with E-state index in [1.165, 1.54) is 15.9 Å². The molecule has 3 aromatic rings. The zero-order chi connectivity index (χ0) is 21.6. The highest BCUT2D eigenvalue weighted by molar-refractivity contribution is 7.13. The van der Waals surface area contributed by atoms with Gasteiger partial charge in [0.2, 0.25) is 11.8 Å². The maximum absolute atomic E-state index is 13.3. The van der Waals surface area contributed by atoms with Gasteiger partial charge in [0.25, 0.3) is 0 Å². The number of nitrogens with zero attached hydrogens (tertiary/aromatic N) is 6. The van der Waals surface area contributed by atoms with Crippen molar-refractivity contribution >= 4 is 23.2 Å². The first kappa shape index (κ1) is 21.2. The third-order valence-electron chi connectivity index (χ3n) is 5.51. The molecule has 1 aliphatic heterocycles. The zero-order valence-electron chi connectivity index (χ0n) is 17.6. The summed E-state index contributed by atoms with van der Waals surface area (Å²) >= 11 is 1.69. The lowest BCUT2D eigenvalue weighted by Crippen LogP contribution is -2.59. The lowest BCUT2D eigenvalue weighted by atomic mass is 9.98. The smallest absolute Gasteiger partial charge is 0.245 e. The summed E-state index contributed by atoms with van der Waals surface area (Å²) in [4.78, 5) is 31.1. The van der Waals surface area contributed by atoms with Crippen LogP contribution in [0.3, 0.4) is 0 Å². The minimum Gasteiger partial charge on any atom is -0.339 e. The first-order chi connectivity index (χ1) is 15.2. The highest BCUT2D eigenvalue weighted by Gasteiger charge is 2.36. The van der Waals surface area contributed by atoms with E-state index in [2.05, 4.69) is 46.0 Å². The van der Waals surface area contributed by atoms with Crippen LogP contribution in [0.5, 0.6) is 0 Å². The molecule has 1 unspecified atom stereocenters. The molecule has 1 fully saturated rings. The Morgan fingerprint density at radius 3 is 2.84 bits per heavy atom. The Bertz CT molecular complexity index is 1000. The van der Waals surface area contributed by atoms with E-state index in [0.29, 0.717) is 26.1 Å². The van der Waals surface area contributed by atoms with E-state index in [0.717, 1.165) is 24.1 Å². The van der Waals surface area contributed by atoms with Gasteiger partial charge in [-0.3, -0.25) is 9.59 Å². The number of hydrogen-bond acceptors (Lipinski definition) is 6. The van der Waals surface area contributed by atoms with Crippen molar-refractivity contribution in [3.63, 3.8) is 0 Å². The Morgan fingerprint density at radius 2 is 2.10 bits per heavy atom. The van der Waals surface area contributed by atoms with Crippen molar-refractivity contribution in [2.24, 2.45) is 0 Å². The number of benzene rings is 1. The normalized spacial score (nSPS) is 16.7. The molecule has 0 radical (unpaired) electrons. The topological polar surface area (TPSA) is 84.2 Å². The van der Waals surface area contributed by atoms with Gasteiger partial charge in [0.05, 0.1) is 6.54 Å². The molecule has 0 spiro atoms. The molecule has 9 heteroatoms. The van der Waals surface area contributed by atoms with Gasteiger partial charge in [-0.25, -0.2) is 4.68 Å². The number of rotatable bonds is 8. The van der Waals surface area contributed by atoms with Crippen LogP contribution < -0.4 is 0 Å². The Morgan fingerprint density at radius 1 is 1.19 bits per heavy atom. The second-order valence-electron chi connectivity index (χ2n) is 7.63. The van der Waals surface area contributed by atoms with Gasteiger partial charge in [-0.05, 0) is 39.4 Å². The van der Waals surface area contributed by atoms with Gasteiger partial charge in [-0.2, -0.15) is 0 Å². The van der Waals surface area contributed by atoms with Gasteiger partial charge < -0.3 is 9.80 Å². The van der Waals surface area contributed by atoms with Gasteiger partial charge in [-0.1, -0.05) is 37.3 Å². The monoisotopic (exact) mass is 438 g/mol. The van der Waals surface area contributed by atoms with Crippen molar-refractivity contribution in [3.8, 4) is 10.4 Å². The van der Waals surface area contributed by atoms with Crippen LogP contribution in [-0.2, 0) is 22.6 Å². The molecule has 162 valence electrons. The van der Waals surface area contributed by atoms with E-state index >= 15 is 0 Å². The van der Waals surface area contributed by atoms with E-state index in [4.69, 9.17) is 0 Å². The Labute approximate surface area is 185 Å². The van der Waals surface area contributed by atoms with Crippen molar-refractivity contribution in [3.05, 3.63) is 53.7 Å². The molecule has 1 saturated heterocycles. The molecule has 1 aromatic carbocycles. The van der Waals surface area contributed by atoms with Crippen molar-refractivity contribution in [1.29, 1.82) is 0 Å². The number of aryl methyl sites for hydroxylation is 1. The van der Waals surface area contributed by atoms with E-state index in [1.807, 2.05) is 23.1 Å². The third-order valence-corrected chi connectivity index (χ3v) is 6.42. The number of tetrazole rings is 1. The largest absolute Gasteiger partial charge is 0.339 e.